The van der Waals surface area contributed by atoms with Crippen LogP contribution in [0.15, 0.2) is 12.1 Å². The quantitative estimate of drug-likeness (QED) is 0.869. The highest BCUT2D eigenvalue weighted by Crippen LogP contribution is 2.29. The van der Waals surface area contributed by atoms with E-state index in [0.29, 0.717) is 29.2 Å². The average molecular weight is 351 g/mol. The molecule has 128 valence electrons. The van der Waals surface area contributed by atoms with Gasteiger partial charge in [0, 0.05) is 19.2 Å². The number of likely N-dealkylation sites (tertiary alicyclic amines) is 1. The molecule has 1 saturated heterocycles. The molecule has 1 aliphatic heterocycles. The van der Waals surface area contributed by atoms with E-state index in [2.05, 4.69) is 10.3 Å². The number of piperidine rings is 1. The first-order chi connectivity index (χ1) is 11.3. The molecular weight excluding hydrogens is 333 g/mol. The molecule has 1 fully saturated rings. The summed E-state index contributed by atoms with van der Waals surface area (Å²) < 4.78 is 14.4. The van der Waals surface area contributed by atoms with Gasteiger partial charge in [0.15, 0.2) is 5.13 Å². The van der Waals surface area contributed by atoms with Gasteiger partial charge in [-0.2, -0.15) is 0 Å². The Morgan fingerprint density at radius 3 is 2.88 bits per heavy atom. The molecular formula is C16H18FN3O3S. The molecule has 3 rings (SSSR count). The minimum Gasteiger partial charge on any atom is -0.481 e. The van der Waals surface area contributed by atoms with Crippen molar-refractivity contribution in [2.75, 3.05) is 18.4 Å². The molecule has 0 bridgehead atoms. The van der Waals surface area contributed by atoms with Crippen molar-refractivity contribution in [3.63, 3.8) is 0 Å². The Kier molecular flexibility index (Phi) is 4.40. The minimum atomic E-state index is -0.884. The molecule has 2 heterocycles. The normalized spacial score (nSPS) is 21.0. The minimum absolute atomic E-state index is 0.123. The van der Waals surface area contributed by atoms with Crippen LogP contribution in [0, 0.1) is 24.6 Å². The van der Waals surface area contributed by atoms with Crippen LogP contribution in [0.1, 0.15) is 18.9 Å². The van der Waals surface area contributed by atoms with Gasteiger partial charge in [0.1, 0.15) is 5.82 Å². The van der Waals surface area contributed by atoms with Gasteiger partial charge in [-0.3, -0.25) is 10.1 Å². The third kappa shape index (κ3) is 3.33. The zero-order valence-corrected chi connectivity index (χ0v) is 14.2. The number of halogens is 1. The molecule has 2 N–H and O–H groups in total. The smallest absolute Gasteiger partial charge is 0.323 e. The lowest BCUT2D eigenvalue weighted by Gasteiger charge is -2.34. The van der Waals surface area contributed by atoms with Crippen LogP contribution in [0.3, 0.4) is 0 Å². The van der Waals surface area contributed by atoms with Gasteiger partial charge < -0.3 is 10.0 Å². The third-order valence-corrected chi connectivity index (χ3v) is 5.11. The fourth-order valence-corrected chi connectivity index (χ4v) is 3.91. The predicted octanol–water partition coefficient (Wildman–Crippen LogP) is 3.32. The van der Waals surface area contributed by atoms with E-state index in [1.54, 1.807) is 13.0 Å². The van der Waals surface area contributed by atoms with Crippen LogP contribution in [-0.2, 0) is 4.79 Å². The zero-order chi connectivity index (χ0) is 17.4. The van der Waals surface area contributed by atoms with Crippen LogP contribution in [-0.4, -0.2) is 40.1 Å². The molecule has 8 heteroatoms. The van der Waals surface area contributed by atoms with E-state index in [9.17, 15) is 19.1 Å². The van der Waals surface area contributed by atoms with Gasteiger partial charge in [-0.05, 0) is 30.9 Å². The summed E-state index contributed by atoms with van der Waals surface area (Å²) >= 11 is 1.27. The summed E-state index contributed by atoms with van der Waals surface area (Å²) in [6.45, 7) is 4.30. The number of fused-ring (bicyclic) bond motifs is 1. The van der Waals surface area contributed by atoms with Crippen LogP contribution < -0.4 is 5.32 Å². The van der Waals surface area contributed by atoms with E-state index in [0.717, 1.165) is 4.70 Å². The van der Waals surface area contributed by atoms with Crippen LogP contribution in [0.25, 0.3) is 10.2 Å². The van der Waals surface area contributed by atoms with E-state index in [1.165, 1.54) is 22.3 Å². The molecule has 2 aromatic rings. The van der Waals surface area contributed by atoms with Gasteiger partial charge in [-0.15, -0.1) is 0 Å². The Labute approximate surface area is 142 Å². The summed E-state index contributed by atoms with van der Waals surface area (Å²) in [5.41, 5.74) is 1.02. The molecule has 0 saturated carbocycles. The van der Waals surface area contributed by atoms with Gasteiger partial charge in [0.2, 0.25) is 0 Å². The summed E-state index contributed by atoms with van der Waals surface area (Å²) in [5.74, 6) is -1.64. The first-order valence-corrected chi connectivity index (χ1v) is 8.50. The number of aliphatic carboxylic acids is 1. The average Bonchev–Trinajstić information content (AvgIpc) is 2.88. The maximum Gasteiger partial charge on any atom is 0.323 e. The van der Waals surface area contributed by atoms with Gasteiger partial charge in [-0.25, -0.2) is 14.2 Å². The number of carboxylic acids is 1. The van der Waals surface area contributed by atoms with Crippen LogP contribution >= 0.6 is 11.3 Å². The van der Waals surface area contributed by atoms with Crippen LogP contribution in [0.4, 0.5) is 14.3 Å². The van der Waals surface area contributed by atoms with Crippen molar-refractivity contribution in [1.82, 2.24) is 9.88 Å². The van der Waals surface area contributed by atoms with Crippen molar-refractivity contribution in [2.24, 2.45) is 11.8 Å². The Morgan fingerprint density at radius 2 is 2.17 bits per heavy atom. The zero-order valence-electron chi connectivity index (χ0n) is 13.4. The van der Waals surface area contributed by atoms with Gasteiger partial charge in [0.25, 0.3) is 0 Å². The number of amides is 2. The Morgan fingerprint density at radius 1 is 1.42 bits per heavy atom. The monoisotopic (exact) mass is 351 g/mol. The number of rotatable bonds is 2. The number of hydrogen-bond acceptors (Lipinski definition) is 4. The second-order valence-corrected chi connectivity index (χ2v) is 7.33. The first-order valence-electron chi connectivity index (χ1n) is 7.69. The maximum absolute atomic E-state index is 13.6. The highest BCUT2D eigenvalue weighted by Gasteiger charge is 2.32. The van der Waals surface area contributed by atoms with Crippen LogP contribution in [0.2, 0.25) is 0 Å². The van der Waals surface area contributed by atoms with Crippen molar-refractivity contribution in [2.45, 2.75) is 20.3 Å². The fourth-order valence-electron chi connectivity index (χ4n) is 2.97. The lowest BCUT2D eigenvalue weighted by Crippen LogP contribution is -2.47. The maximum atomic E-state index is 13.6. The largest absolute Gasteiger partial charge is 0.481 e. The molecule has 0 radical (unpaired) electrons. The number of urea groups is 1. The highest BCUT2D eigenvalue weighted by molar-refractivity contribution is 7.22. The molecule has 1 aliphatic rings. The van der Waals surface area contributed by atoms with Crippen molar-refractivity contribution < 1.29 is 19.1 Å². The molecule has 2 amide bonds. The number of carbonyl (C=O) groups is 2. The Bertz CT molecular complexity index is 768. The Balaban J connectivity index is 1.75. The number of aromatic nitrogens is 1. The lowest BCUT2D eigenvalue weighted by atomic mass is 9.91. The van der Waals surface area contributed by atoms with Crippen molar-refractivity contribution in [1.29, 1.82) is 0 Å². The van der Waals surface area contributed by atoms with E-state index < -0.39 is 11.9 Å². The van der Waals surface area contributed by atoms with Crippen molar-refractivity contribution in [3.8, 4) is 0 Å². The molecule has 6 nitrogen and oxygen atoms in total. The van der Waals surface area contributed by atoms with Crippen molar-refractivity contribution in [3.05, 3.63) is 23.5 Å². The summed E-state index contributed by atoms with van der Waals surface area (Å²) in [7, 11) is 0. The summed E-state index contributed by atoms with van der Waals surface area (Å²) in [6, 6.07) is 2.67. The van der Waals surface area contributed by atoms with Gasteiger partial charge >= 0.3 is 12.0 Å². The summed E-state index contributed by atoms with van der Waals surface area (Å²) in [6.07, 6.45) is 0.568. The predicted molar refractivity (Wildman–Crippen MR) is 89.8 cm³/mol. The van der Waals surface area contributed by atoms with Gasteiger partial charge in [-0.1, -0.05) is 18.3 Å². The highest BCUT2D eigenvalue weighted by atomic mass is 32.1. The SMILES string of the molecule is Cc1cc2sc(NC(=O)N3CC(C)CC(C(=O)O)C3)nc2cc1F. The Hall–Kier alpha value is -2.22. The lowest BCUT2D eigenvalue weighted by molar-refractivity contribution is -0.143. The first kappa shape index (κ1) is 16.6. The molecule has 1 aromatic heterocycles. The second-order valence-electron chi connectivity index (χ2n) is 6.30. The number of hydrogen-bond donors (Lipinski definition) is 2. The number of carboxylic acid groups (broad SMARTS) is 1. The molecule has 24 heavy (non-hydrogen) atoms. The van der Waals surface area contributed by atoms with Crippen molar-refractivity contribution >= 4 is 38.7 Å². The molecule has 2 unspecified atom stereocenters. The summed E-state index contributed by atoms with van der Waals surface area (Å²) in [5, 5.41) is 12.3. The molecule has 1 aromatic carbocycles. The number of anilines is 1. The molecule has 0 spiro atoms. The standard InChI is InChI=1S/C16H18FN3O3S/c1-8-3-10(14(21)22)7-20(6-8)16(23)19-15-18-12-5-11(17)9(2)4-13(12)24-15/h4-5,8,10H,3,6-7H2,1-2H3,(H,21,22)(H,18,19,23). The number of nitrogens with zero attached hydrogens (tertiary/aromatic N) is 2. The third-order valence-electron chi connectivity index (χ3n) is 4.18. The number of benzene rings is 1. The van der Waals surface area contributed by atoms with Crippen LogP contribution in [0.5, 0.6) is 0 Å². The molecule has 0 aliphatic carbocycles. The molecule has 2 atom stereocenters. The number of nitrogens with one attached hydrogen (secondary N) is 1. The van der Waals surface area contributed by atoms with Gasteiger partial charge in [0.05, 0.1) is 16.1 Å². The topological polar surface area (TPSA) is 82.5 Å². The fraction of sp³-hybridized carbons (Fsp3) is 0.438. The van der Waals surface area contributed by atoms with E-state index in [-0.39, 0.29) is 24.3 Å². The van der Waals surface area contributed by atoms with E-state index in [4.69, 9.17) is 0 Å². The van der Waals surface area contributed by atoms with E-state index >= 15 is 0 Å². The number of thiazole rings is 1. The number of carbonyl (C=O) groups excluding carboxylic acids is 1. The second kappa shape index (κ2) is 6.35. The number of aryl methyl sites for hydroxylation is 1. The van der Waals surface area contributed by atoms with E-state index in [1.807, 2.05) is 6.92 Å². The summed E-state index contributed by atoms with van der Waals surface area (Å²) in [4.78, 5) is 29.3.